The fourth-order valence-electron chi connectivity index (χ4n) is 2.71. The van der Waals surface area contributed by atoms with Gasteiger partial charge in [-0.1, -0.05) is 0 Å². The lowest BCUT2D eigenvalue weighted by Gasteiger charge is -2.25. The quantitative estimate of drug-likeness (QED) is 0.558. The van der Waals surface area contributed by atoms with Crippen molar-refractivity contribution >= 4 is 31.4 Å². The Bertz CT molecular complexity index is 1240. The topological polar surface area (TPSA) is 137 Å². The van der Waals surface area contributed by atoms with E-state index in [1.165, 1.54) is 30.5 Å². The molecule has 0 aromatic carbocycles. The van der Waals surface area contributed by atoms with E-state index in [-0.39, 0.29) is 23.8 Å². The smallest absolute Gasteiger partial charge is 0.330 e. The van der Waals surface area contributed by atoms with Crippen LogP contribution in [-0.4, -0.2) is 56.6 Å². The van der Waals surface area contributed by atoms with E-state index in [2.05, 4.69) is 4.72 Å². The summed E-state index contributed by atoms with van der Waals surface area (Å²) in [5, 5.41) is 0. The molecular weight excluding hydrogens is 444 g/mol. The van der Waals surface area contributed by atoms with Crippen LogP contribution in [0.25, 0.3) is 0 Å². The first-order valence-electron chi connectivity index (χ1n) is 8.47. The Labute approximate surface area is 171 Å². The van der Waals surface area contributed by atoms with Gasteiger partial charge in [-0.25, -0.2) is 26.4 Å². The van der Waals surface area contributed by atoms with Gasteiger partial charge in [0.05, 0.1) is 13.2 Å². The summed E-state index contributed by atoms with van der Waals surface area (Å²) in [6.07, 6.45) is 0.954. The van der Waals surface area contributed by atoms with Gasteiger partial charge < -0.3 is 9.30 Å². The lowest BCUT2D eigenvalue weighted by atomic mass is 10.5. The van der Waals surface area contributed by atoms with E-state index in [0.29, 0.717) is 22.7 Å². The van der Waals surface area contributed by atoms with Crippen molar-refractivity contribution in [2.75, 3.05) is 26.3 Å². The van der Waals surface area contributed by atoms with Gasteiger partial charge in [-0.2, -0.15) is 4.31 Å². The SMILES string of the molecule is Cn1cc(S(=O)(=O)NCc2ccc(S(=O)(=O)N3CCOCC3)s2)c(=O)n(C)c1=O. The lowest BCUT2D eigenvalue weighted by Crippen LogP contribution is -2.41. The zero-order chi connectivity index (χ0) is 21.4. The fourth-order valence-corrected chi connectivity index (χ4v) is 6.82. The summed E-state index contributed by atoms with van der Waals surface area (Å²) in [5.74, 6) is 0. The molecule has 0 spiro atoms. The Morgan fingerprint density at radius 3 is 2.41 bits per heavy atom. The Balaban J connectivity index is 1.79. The Kier molecular flexibility index (Phi) is 6.12. The van der Waals surface area contributed by atoms with Crippen LogP contribution in [-0.2, 0) is 45.4 Å². The molecule has 160 valence electrons. The van der Waals surface area contributed by atoms with Crippen LogP contribution in [0.4, 0.5) is 0 Å². The lowest BCUT2D eigenvalue weighted by molar-refractivity contribution is 0.0731. The number of thiophene rings is 1. The highest BCUT2D eigenvalue weighted by Crippen LogP contribution is 2.25. The third-order valence-corrected chi connectivity index (χ3v) is 9.18. The Hall–Kier alpha value is -1.84. The van der Waals surface area contributed by atoms with Crippen molar-refractivity contribution in [3.8, 4) is 0 Å². The predicted molar refractivity (Wildman–Crippen MR) is 105 cm³/mol. The zero-order valence-corrected chi connectivity index (χ0v) is 18.1. The molecule has 1 N–H and O–H groups in total. The van der Waals surface area contributed by atoms with Gasteiger partial charge in [-0.15, -0.1) is 11.3 Å². The van der Waals surface area contributed by atoms with Crippen LogP contribution in [0.15, 0.2) is 37.0 Å². The van der Waals surface area contributed by atoms with Crippen LogP contribution < -0.4 is 16.0 Å². The number of aromatic nitrogens is 2. The van der Waals surface area contributed by atoms with Gasteiger partial charge in [0.2, 0.25) is 10.0 Å². The zero-order valence-electron chi connectivity index (χ0n) is 15.7. The molecule has 2 aromatic heterocycles. The number of ether oxygens (including phenoxy) is 1. The highest BCUT2D eigenvalue weighted by molar-refractivity contribution is 7.91. The van der Waals surface area contributed by atoms with Gasteiger partial charge in [0.1, 0.15) is 4.21 Å². The van der Waals surface area contributed by atoms with Gasteiger partial charge in [0, 0.05) is 44.8 Å². The number of sulfonamides is 2. The van der Waals surface area contributed by atoms with E-state index in [0.717, 1.165) is 22.1 Å². The van der Waals surface area contributed by atoms with Crippen LogP contribution in [0.5, 0.6) is 0 Å². The number of rotatable bonds is 6. The summed E-state index contributed by atoms with van der Waals surface area (Å²) in [6.45, 7) is 0.978. The molecule has 1 aliphatic rings. The molecule has 0 unspecified atom stereocenters. The molecule has 0 radical (unpaired) electrons. The van der Waals surface area contributed by atoms with E-state index in [9.17, 15) is 26.4 Å². The molecule has 3 rings (SSSR count). The van der Waals surface area contributed by atoms with Crippen LogP contribution in [0, 0.1) is 0 Å². The molecule has 29 heavy (non-hydrogen) atoms. The fraction of sp³-hybridized carbons (Fsp3) is 0.467. The first-order chi connectivity index (χ1) is 13.5. The third kappa shape index (κ3) is 4.36. The normalized spacial score (nSPS) is 16.2. The average Bonchev–Trinajstić information content (AvgIpc) is 3.18. The summed E-state index contributed by atoms with van der Waals surface area (Å²) in [4.78, 5) is 23.8. The number of nitrogens with zero attached hydrogens (tertiary/aromatic N) is 3. The minimum Gasteiger partial charge on any atom is -0.379 e. The molecule has 2 aromatic rings. The summed E-state index contributed by atoms with van der Waals surface area (Å²) in [5.41, 5.74) is -1.59. The van der Waals surface area contributed by atoms with Crippen molar-refractivity contribution in [2.45, 2.75) is 15.6 Å². The first-order valence-corrected chi connectivity index (χ1v) is 12.2. The number of morpholine rings is 1. The minimum absolute atomic E-state index is 0.103. The standard InChI is InChI=1S/C15H20N4O7S3/c1-17-10-12(14(20)18(2)15(17)21)28(22,23)16-9-11-3-4-13(27-11)29(24,25)19-5-7-26-8-6-19/h3-4,10,16H,5-9H2,1-2H3. The molecule has 0 saturated carbocycles. The van der Waals surface area contributed by atoms with Crippen molar-refractivity contribution in [1.29, 1.82) is 0 Å². The molecule has 1 aliphatic heterocycles. The summed E-state index contributed by atoms with van der Waals surface area (Å²) in [6, 6.07) is 2.93. The van der Waals surface area contributed by atoms with Gasteiger partial charge in [0.15, 0.2) is 4.90 Å². The Morgan fingerprint density at radius 1 is 1.10 bits per heavy atom. The van der Waals surface area contributed by atoms with Gasteiger partial charge in [0.25, 0.3) is 15.6 Å². The van der Waals surface area contributed by atoms with Crippen molar-refractivity contribution in [3.05, 3.63) is 44.0 Å². The molecular formula is C15H20N4O7S3. The molecule has 14 heteroatoms. The minimum atomic E-state index is -4.21. The molecule has 0 atom stereocenters. The van der Waals surface area contributed by atoms with Crippen molar-refractivity contribution in [3.63, 3.8) is 0 Å². The second kappa shape index (κ2) is 8.12. The number of aryl methyl sites for hydroxylation is 1. The molecule has 1 saturated heterocycles. The first kappa shape index (κ1) is 21.9. The maximum atomic E-state index is 12.6. The van der Waals surface area contributed by atoms with E-state index >= 15 is 0 Å². The van der Waals surface area contributed by atoms with Crippen molar-refractivity contribution in [2.24, 2.45) is 14.1 Å². The predicted octanol–water partition coefficient (Wildman–Crippen LogP) is -1.36. The molecule has 0 aliphatic carbocycles. The van der Waals surface area contributed by atoms with E-state index in [4.69, 9.17) is 4.74 Å². The van der Waals surface area contributed by atoms with E-state index in [1.807, 2.05) is 0 Å². The highest BCUT2D eigenvalue weighted by Gasteiger charge is 2.28. The van der Waals surface area contributed by atoms with Crippen LogP contribution in [0.1, 0.15) is 4.88 Å². The van der Waals surface area contributed by atoms with E-state index in [1.54, 1.807) is 0 Å². The van der Waals surface area contributed by atoms with Crippen LogP contribution >= 0.6 is 11.3 Å². The van der Waals surface area contributed by atoms with E-state index < -0.39 is 36.2 Å². The number of hydrogen-bond donors (Lipinski definition) is 1. The van der Waals surface area contributed by atoms with Crippen LogP contribution in [0.3, 0.4) is 0 Å². The maximum absolute atomic E-state index is 12.6. The molecule has 0 bridgehead atoms. The van der Waals surface area contributed by atoms with Gasteiger partial charge in [-0.05, 0) is 12.1 Å². The second-order valence-corrected chi connectivity index (χ2v) is 11.4. The molecule has 0 amide bonds. The molecule has 3 heterocycles. The van der Waals surface area contributed by atoms with Crippen molar-refractivity contribution in [1.82, 2.24) is 18.2 Å². The van der Waals surface area contributed by atoms with Gasteiger partial charge >= 0.3 is 5.69 Å². The molecule has 1 fully saturated rings. The van der Waals surface area contributed by atoms with Gasteiger partial charge in [-0.3, -0.25) is 9.36 Å². The molecule has 11 nitrogen and oxygen atoms in total. The Morgan fingerprint density at radius 2 is 1.76 bits per heavy atom. The summed E-state index contributed by atoms with van der Waals surface area (Å²) in [7, 11) is -5.35. The summed E-state index contributed by atoms with van der Waals surface area (Å²) < 4.78 is 60.9. The average molecular weight is 465 g/mol. The summed E-state index contributed by atoms with van der Waals surface area (Å²) >= 11 is 0.946. The number of hydrogen-bond acceptors (Lipinski definition) is 8. The van der Waals surface area contributed by atoms with Crippen LogP contribution in [0.2, 0.25) is 0 Å². The maximum Gasteiger partial charge on any atom is 0.330 e. The second-order valence-electron chi connectivity index (χ2n) is 6.31. The third-order valence-electron chi connectivity index (χ3n) is 4.34. The monoisotopic (exact) mass is 464 g/mol. The largest absolute Gasteiger partial charge is 0.379 e. The highest BCUT2D eigenvalue weighted by atomic mass is 32.2. The number of nitrogens with one attached hydrogen (secondary N) is 1. The van der Waals surface area contributed by atoms with Crippen molar-refractivity contribution < 1.29 is 21.6 Å².